The number of ether oxygens (including phenoxy) is 1. The molecule has 1 aliphatic heterocycles. The zero-order chi connectivity index (χ0) is 17.5. The highest BCUT2D eigenvalue weighted by atomic mass is 32.2. The Morgan fingerprint density at radius 2 is 1.96 bits per heavy atom. The molecule has 124 valence electrons. The topological polar surface area (TPSA) is 99.3 Å². The van der Waals surface area contributed by atoms with Crippen LogP contribution in [0.25, 0.3) is 11.1 Å². The zero-order valence-electron chi connectivity index (χ0n) is 12.6. The minimum atomic E-state index is -4.16. The van der Waals surface area contributed by atoms with Crippen molar-refractivity contribution in [2.24, 2.45) is 5.14 Å². The van der Waals surface area contributed by atoms with Gasteiger partial charge in [-0.2, -0.15) is 0 Å². The van der Waals surface area contributed by atoms with Gasteiger partial charge in [0.15, 0.2) is 0 Å². The van der Waals surface area contributed by atoms with Crippen molar-refractivity contribution < 1.29 is 22.3 Å². The summed E-state index contributed by atoms with van der Waals surface area (Å²) in [7, 11) is -4.16. The fraction of sp³-hybridized carbons (Fsp3) is 0.125. The summed E-state index contributed by atoms with van der Waals surface area (Å²) in [5.74, 6) is -1.52. The number of hydrogen-bond acceptors (Lipinski definition) is 5. The highest BCUT2D eigenvalue weighted by molar-refractivity contribution is 7.89. The van der Waals surface area contributed by atoms with Crippen LogP contribution in [-0.4, -0.2) is 26.0 Å². The normalized spacial score (nSPS) is 14.9. The molecule has 0 radical (unpaired) electrons. The van der Waals surface area contributed by atoms with Crippen molar-refractivity contribution in [2.75, 3.05) is 6.61 Å². The monoisotopic (exact) mass is 348 g/mol. The summed E-state index contributed by atoms with van der Waals surface area (Å²) in [6.07, 6.45) is 3.16. The first-order chi connectivity index (χ1) is 11.3. The average Bonchev–Trinajstić information content (AvgIpc) is 2.87. The summed E-state index contributed by atoms with van der Waals surface area (Å²) in [5.41, 5.74) is 2.52. The van der Waals surface area contributed by atoms with E-state index in [4.69, 9.17) is 9.88 Å². The van der Waals surface area contributed by atoms with Gasteiger partial charge in [-0.1, -0.05) is 6.07 Å². The molecule has 0 fully saturated rings. The number of rotatable bonds is 3. The van der Waals surface area contributed by atoms with Crippen LogP contribution in [0.4, 0.5) is 4.39 Å². The second-order valence-electron chi connectivity index (χ2n) is 5.37. The smallest absolute Gasteiger partial charge is 0.339 e. The molecule has 8 heteroatoms. The summed E-state index contributed by atoms with van der Waals surface area (Å²) >= 11 is 0. The van der Waals surface area contributed by atoms with Crippen molar-refractivity contribution in [3.63, 3.8) is 0 Å². The van der Waals surface area contributed by atoms with Crippen LogP contribution < -0.4 is 5.14 Å². The summed E-state index contributed by atoms with van der Waals surface area (Å²) in [4.78, 5) is 15.5. The largest absolute Gasteiger partial charge is 0.457 e. The molecule has 2 heterocycles. The number of carbonyl (C=O) groups excluding carboxylic acids is 1. The molecule has 0 spiro atoms. The van der Waals surface area contributed by atoms with Crippen LogP contribution in [0, 0.1) is 12.7 Å². The van der Waals surface area contributed by atoms with Gasteiger partial charge in [0.25, 0.3) is 0 Å². The lowest BCUT2D eigenvalue weighted by atomic mass is 9.97. The molecule has 1 aliphatic rings. The van der Waals surface area contributed by atoms with E-state index in [0.29, 0.717) is 16.7 Å². The van der Waals surface area contributed by atoms with Gasteiger partial charge in [0.05, 0.1) is 5.57 Å². The maximum atomic E-state index is 14.1. The van der Waals surface area contributed by atoms with Crippen LogP contribution in [0.15, 0.2) is 41.6 Å². The number of benzene rings is 1. The molecule has 24 heavy (non-hydrogen) atoms. The molecule has 0 aliphatic carbocycles. The molecule has 0 unspecified atom stereocenters. The lowest BCUT2D eigenvalue weighted by Gasteiger charge is -2.07. The minimum Gasteiger partial charge on any atom is -0.457 e. The van der Waals surface area contributed by atoms with Gasteiger partial charge in [-0.25, -0.2) is 22.7 Å². The highest BCUT2D eigenvalue weighted by Crippen LogP contribution is 2.33. The Morgan fingerprint density at radius 3 is 2.58 bits per heavy atom. The number of sulfonamides is 1. The number of esters is 1. The van der Waals surface area contributed by atoms with Crippen LogP contribution in [0.2, 0.25) is 0 Å². The predicted octanol–water partition coefficient (Wildman–Crippen LogP) is 1.64. The second-order valence-corrected chi connectivity index (χ2v) is 6.90. The molecule has 0 saturated heterocycles. The van der Waals surface area contributed by atoms with Crippen LogP contribution in [0.5, 0.6) is 0 Å². The van der Waals surface area contributed by atoms with Crippen molar-refractivity contribution in [2.45, 2.75) is 11.8 Å². The third kappa shape index (κ3) is 2.93. The van der Waals surface area contributed by atoms with E-state index >= 15 is 0 Å². The molecule has 0 amide bonds. The molecule has 0 bridgehead atoms. The molecule has 0 atom stereocenters. The van der Waals surface area contributed by atoms with Crippen molar-refractivity contribution in [3.8, 4) is 0 Å². The molecule has 2 aromatic rings. The molecular formula is C16H13FN2O4S. The molecule has 0 saturated carbocycles. The van der Waals surface area contributed by atoms with Gasteiger partial charge in [-0.05, 0) is 36.2 Å². The van der Waals surface area contributed by atoms with Gasteiger partial charge in [-0.3, -0.25) is 4.98 Å². The van der Waals surface area contributed by atoms with Gasteiger partial charge in [0.1, 0.15) is 17.3 Å². The first-order valence-electron chi connectivity index (χ1n) is 6.92. The Morgan fingerprint density at radius 1 is 1.21 bits per heavy atom. The van der Waals surface area contributed by atoms with Crippen LogP contribution >= 0.6 is 0 Å². The first-order valence-corrected chi connectivity index (χ1v) is 8.47. The number of hydrogen-bond donors (Lipinski definition) is 1. The zero-order valence-corrected chi connectivity index (χ0v) is 13.4. The number of nitrogens with zero attached hydrogens (tertiary/aromatic N) is 1. The van der Waals surface area contributed by atoms with Gasteiger partial charge in [0.2, 0.25) is 10.0 Å². The number of cyclic esters (lactones) is 1. The average molecular weight is 348 g/mol. The van der Waals surface area contributed by atoms with E-state index in [1.54, 1.807) is 12.3 Å². The van der Waals surface area contributed by atoms with Crippen LogP contribution in [0.3, 0.4) is 0 Å². The van der Waals surface area contributed by atoms with Gasteiger partial charge >= 0.3 is 5.97 Å². The third-order valence-corrected chi connectivity index (χ3v) is 4.55. The third-order valence-electron chi connectivity index (χ3n) is 3.60. The standard InChI is InChI=1S/C16H13FN2O4S/c1-9-4-11(7-19-6-9)15-12(8-23-16(15)20)10-2-3-14(13(17)5-10)24(18,21)22/h2-7H,8H2,1H3,(H2,18,21,22). The molecule has 1 aromatic carbocycles. The number of aryl methyl sites for hydroxylation is 1. The lowest BCUT2D eigenvalue weighted by molar-refractivity contribution is -0.133. The number of pyridine rings is 1. The Balaban J connectivity index is 2.16. The van der Waals surface area contributed by atoms with E-state index in [1.807, 2.05) is 6.92 Å². The number of nitrogens with two attached hydrogens (primary N) is 1. The maximum absolute atomic E-state index is 14.1. The van der Waals surface area contributed by atoms with Gasteiger partial charge < -0.3 is 4.74 Å². The highest BCUT2D eigenvalue weighted by Gasteiger charge is 2.28. The summed E-state index contributed by atoms with van der Waals surface area (Å²) in [5, 5.41) is 4.95. The number of halogens is 1. The molecule has 2 N–H and O–H groups in total. The van der Waals surface area contributed by atoms with Crippen molar-refractivity contribution in [1.29, 1.82) is 0 Å². The Bertz CT molecular complexity index is 983. The number of primary sulfonamides is 1. The SMILES string of the molecule is Cc1cncc(C2=C(c3ccc(S(N)(=O)=O)c(F)c3)COC2=O)c1. The van der Waals surface area contributed by atoms with Gasteiger partial charge in [0, 0.05) is 23.5 Å². The van der Waals surface area contributed by atoms with E-state index in [1.165, 1.54) is 12.3 Å². The molecular weight excluding hydrogens is 335 g/mol. The maximum Gasteiger partial charge on any atom is 0.339 e. The predicted molar refractivity (Wildman–Crippen MR) is 84.5 cm³/mol. The van der Waals surface area contributed by atoms with Crippen LogP contribution in [-0.2, 0) is 19.6 Å². The van der Waals surface area contributed by atoms with Crippen LogP contribution in [0.1, 0.15) is 16.7 Å². The van der Waals surface area contributed by atoms with E-state index in [-0.39, 0.29) is 12.2 Å². The van der Waals surface area contributed by atoms with E-state index < -0.39 is 26.7 Å². The number of carbonyl (C=O) groups is 1. The lowest BCUT2D eigenvalue weighted by Crippen LogP contribution is -2.14. The Kier molecular flexibility index (Phi) is 3.94. The van der Waals surface area contributed by atoms with E-state index in [9.17, 15) is 17.6 Å². The fourth-order valence-corrected chi connectivity index (χ4v) is 3.12. The minimum absolute atomic E-state index is 0.0315. The van der Waals surface area contributed by atoms with E-state index in [0.717, 1.165) is 17.7 Å². The molecule has 3 rings (SSSR count). The van der Waals surface area contributed by atoms with Gasteiger partial charge in [-0.15, -0.1) is 0 Å². The summed E-state index contributed by atoms with van der Waals surface area (Å²) < 4.78 is 41.7. The quantitative estimate of drug-likeness (QED) is 0.850. The Labute approximate surface area is 137 Å². The summed E-state index contributed by atoms with van der Waals surface area (Å²) in [6.45, 7) is 1.80. The summed E-state index contributed by atoms with van der Waals surface area (Å²) in [6, 6.07) is 5.26. The van der Waals surface area contributed by atoms with Crippen molar-refractivity contribution >= 4 is 27.1 Å². The fourth-order valence-electron chi connectivity index (χ4n) is 2.54. The second kappa shape index (κ2) is 5.81. The first kappa shape index (κ1) is 16.3. The van der Waals surface area contributed by atoms with Crippen molar-refractivity contribution in [1.82, 2.24) is 4.98 Å². The van der Waals surface area contributed by atoms with Crippen molar-refractivity contribution in [3.05, 3.63) is 59.2 Å². The Hall–Kier alpha value is -2.58. The molecule has 6 nitrogen and oxygen atoms in total. The molecule has 1 aromatic heterocycles. The van der Waals surface area contributed by atoms with E-state index in [2.05, 4.69) is 4.98 Å². The number of aromatic nitrogens is 1.